The van der Waals surface area contributed by atoms with Gasteiger partial charge in [0.2, 0.25) is 0 Å². The number of nitrogens with zero attached hydrogens (tertiary/aromatic N) is 2. The SMILES string of the molecule is [C-]#[N+]c1cc(NNC(=O)Nc2ccc(Cl)cc2Cl)c(S(C)(=O)=O)cc1[N+]#[C-]. The first-order valence-corrected chi connectivity index (χ1v) is 9.71. The van der Waals surface area contributed by atoms with Gasteiger partial charge in [0.05, 0.1) is 34.4 Å². The monoisotopic (exact) mass is 423 g/mol. The molecule has 0 bridgehead atoms. The first-order valence-electron chi connectivity index (χ1n) is 7.06. The number of benzene rings is 2. The summed E-state index contributed by atoms with van der Waals surface area (Å²) in [6, 6.07) is 5.98. The minimum atomic E-state index is -3.73. The van der Waals surface area contributed by atoms with Gasteiger partial charge in [0, 0.05) is 11.3 Å². The Hall–Kier alpha value is -2.98. The number of carbonyl (C=O) groups is 1. The number of rotatable bonds is 4. The Bertz CT molecular complexity index is 1100. The van der Waals surface area contributed by atoms with Crippen LogP contribution in [0.4, 0.5) is 27.5 Å². The zero-order valence-electron chi connectivity index (χ0n) is 13.7. The standard InChI is InChI=1S/C16H11Cl2N5O3S/c1-19-12-7-14(15(27(3,25)26)8-13(12)20-2)22-23-16(24)21-11-5-4-9(17)6-10(11)18/h4-8,22H,3H3,(H2,21,23,24). The lowest BCUT2D eigenvalue weighted by Crippen LogP contribution is -2.34. The molecule has 11 heteroatoms. The topological polar surface area (TPSA) is 96.0 Å². The summed E-state index contributed by atoms with van der Waals surface area (Å²) in [7, 11) is -3.73. The van der Waals surface area contributed by atoms with Crippen LogP contribution in [-0.2, 0) is 9.84 Å². The lowest BCUT2D eigenvalue weighted by atomic mass is 10.2. The largest absolute Gasteiger partial charge is 0.337 e. The van der Waals surface area contributed by atoms with E-state index in [0.717, 1.165) is 12.3 Å². The molecule has 2 aromatic rings. The second-order valence-corrected chi connectivity index (χ2v) is 7.99. The molecule has 0 aliphatic rings. The van der Waals surface area contributed by atoms with Gasteiger partial charge in [-0.25, -0.2) is 13.2 Å². The maximum absolute atomic E-state index is 12.0. The molecule has 8 nitrogen and oxygen atoms in total. The minimum Gasteiger partial charge on any atom is -0.305 e. The van der Waals surface area contributed by atoms with Gasteiger partial charge in [-0.1, -0.05) is 23.2 Å². The fourth-order valence-corrected chi connectivity index (χ4v) is 3.30. The Morgan fingerprint density at radius 2 is 1.67 bits per heavy atom. The molecule has 0 atom stereocenters. The molecule has 0 radical (unpaired) electrons. The molecule has 0 aliphatic carbocycles. The molecule has 0 saturated carbocycles. The van der Waals surface area contributed by atoms with Gasteiger partial charge >= 0.3 is 6.03 Å². The average Bonchev–Trinajstić information content (AvgIpc) is 2.60. The Morgan fingerprint density at radius 1 is 1.04 bits per heavy atom. The summed E-state index contributed by atoms with van der Waals surface area (Å²) in [5.74, 6) is 0. The quantitative estimate of drug-likeness (QED) is 0.492. The summed E-state index contributed by atoms with van der Waals surface area (Å²) in [5, 5.41) is 3.07. The molecule has 0 saturated heterocycles. The van der Waals surface area contributed by atoms with Crippen LogP contribution in [0.5, 0.6) is 0 Å². The summed E-state index contributed by atoms with van der Waals surface area (Å²) in [4.78, 5) is 18.1. The van der Waals surface area contributed by atoms with Crippen molar-refractivity contribution in [2.45, 2.75) is 4.90 Å². The van der Waals surface area contributed by atoms with Crippen molar-refractivity contribution in [1.82, 2.24) is 5.43 Å². The molecule has 0 fully saturated rings. The van der Waals surface area contributed by atoms with E-state index in [9.17, 15) is 13.2 Å². The number of hydrazine groups is 1. The molecule has 3 N–H and O–H groups in total. The van der Waals surface area contributed by atoms with E-state index in [1.807, 2.05) is 0 Å². The first-order chi connectivity index (χ1) is 12.7. The summed E-state index contributed by atoms with van der Waals surface area (Å²) < 4.78 is 23.9. The predicted octanol–water partition coefficient (Wildman–Crippen LogP) is 4.65. The van der Waals surface area contributed by atoms with Crippen molar-refractivity contribution >= 4 is 61.8 Å². The normalized spacial score (nSPS) is 10.4. The molecule has 0 aliphatic heterocycles. The number of anilines is 2. The van der Waals surface area contributed by atoms with E-state index in [1.165, 1.54) is 24.3 Å². The van der Waals surface area contributed by atoms with Gasteiger partial charge in [0.25, 0.3) is 0 Å². The Balaban J connectivity index is 2.25. The van der Waals surface area contributed by atoms with Crippen molar-refractivity contribution < 1.29 is 13.2 Å². The van der Waals surface area contributed by atoms with Crippen molar-refractivity contribution in [3.63, 3.8) is 0 Å². The molecule has 2 aromatic carbocycles. The maximum atomic E-state index is 12.0. The van der Waals surface area contributed by atoms with Crippen LogP contribution in [0.15, 0.2) is 35.2 Å². The highest BCUT2D eigenvalue weighted by Crippen LogP contribution is 2.36. The number of amides is 2. The van der Waals surface area contributed by atoms with Gasteiger partial charge < -0.3 is 5.32 Å². The fourth-order valence-electron chi connectivity index (χ4n) is 2.01. The molecule has 2 amide bonds. The Morgan fingerprint density at radius 3 is 2.22 bits per heavy atom. The van der Waals surface area contributed by atoms with E-state index in [-0.39, 0.29) is 32.7 Å². The number of urea groups is 1. The van der Waals surface area contributed by atoms with Crippen LogP contribution in [0.2, 0.25) is 10.0 Å². The van der Waals surface area contributed by atoms with Gasteiger partial charge in [-0.3, -0.25) is 20.5 Å². The molecule has 0 heterocycles. The van der Waals surface area contributed by atoms with Gasteiger partial charge in [-0.15, -0.1) is 0 Å². The molecule has 2 rings (SSSR count). The zero-order valence-corrected chi connectivity index (χ0v) is 16.0. The van der Waals surface area contributed by atoms with Crippen molar-refractivity contribution in [3.05, 3.63) is 63.2 Å². The second kappa shape index (κ2) is 8.14. The summed E-state index contributed by atoms with van der Waals surface area (Å²) >= 11 is 11.7. The van der Waals surface area contributed by atoms with E-state index in [4.69, 9.17) is 36.3 Å². The number of hydrogen-bond donors (Lipinski definition) is 3. The maximum Gasteiger partial charge on any atom is 0.337 e. The van der Waals surface area contributed by atoms with Crippen LogP contribution < -0.4 is 16.2 Å². The van der Waals surface area contributed by atoms with Gasteiger partial charge in [-0.05, 0) is 30.3 Å². The highest BCUT2D eigenvalue weighted by molar-refractivity contribution is 7.90. The lowest BCUT2D eigenvalue weighted by Gasteiger charge is -2.14. The van der Waals surface area contributed by atoms with Crippen LogP contribution in [0, 0.1) is 13.1 Å². The number of carbonyl (C=O) groups excluding carboxylic acids is 1. The predicted molar refractivity (Wildman–Crippen MR) is 104 cm³/mol. The van der Waals surface area contributed by atoms with Gasteiger partial charge in [0.15, 0.2) is 21.2 Å². The van der Waals surface area contributed by atoms with Crippen molar-refractivity contribution in [2.75, 3.05) is 17.0 Å². The van der Waals surface area contributed by atoms with Crippen LogP contribution in [0.25, 0.3) is 9.69 Å². The van der Waals surface area contributed by atoms with Crippen LogP contribution >= 0.6 is 23.2 Å². The summed E-state index contributed by atoms with van der Waals surface area (Å²) in [6.07, 6.45) is 0.951. The van der Waals surface area contributed by atoms with Crippen molar-refractivity contribution in [1.29, 1.82) is 0 Å². The smallest absolute Gasteiger partial charge is 0.305 e. The summed E-state index contributed by atoms with van der Waals surface area (Å²) in [5.41, 5.74) is 4.78. The van der Waals surface area contributed by atoms with E-state index in [2.05, 4.69) is 25.9 Å². The number of hydrogen-bond acceptors (Lipinski definition) is 4. The van der Waals surface area contributed by atoms with E-state index in [1.54, 1.807) is 0 Å². The average molecular weight is 424 g/mol. The third-order valence-electron chi connectivity index (χ3n) is 3.21. The van der Waals surface area contributed by atoms with Gasteiger partial charge in [0.1, 0.15) is 0 Å². The third-order valence-corrected chi connectivity index (χ3v) is 4.89. The number of nitrogens with one attached hydrogen (secondary N) is 3. The molecule has 0 aromatic heterocycles. The van der Waals surface area contributed by atoms with E-state index < -0.39 is 15.9 Å². The van der Waals surface area contributed by atoms with Crippen LogP contribution in [-0.4, -0.2) is 20.7 Å². The lowest BCUT2D eigenvalue weighted by molar-refractivity contribution is 0.254. The molecule has 27 heavy (non-hydrogen) atoms. The van der Waals surface area contributed by atoms with Gasteiger partial charge in [-0.2, -0.15) is 0 Å². The van der Waals surface area contributed by atoms with Crippen molar-refractivity contribution in [2.24, 2.45) is 0 Å². The fraction of sp³-hybridized carbons (Fsp3) is 0.0625. The molecular weight excluding hydrogens is 413 g/mol. The van der Waals surface area contributed by atoms with E-state index in [0.29, 0.717) is 5.02 Å². The molecule has 0 unspecified atom stereocenters. The molecule has 138 valence electrons. The number of halogens is 2. The number of sulfone groups is 1. The zero-order chi connectivity index (χ0) is 20.2. The first kappa shape index (κ1) is 20.3. The van der Waals surface area contributed by atoms with Crippen LogP contribution in [0.3, 0.4) is 0 Å². The highest BCUT2D eigenvalue weighted by atomic mass is 35.5. The van der Waals surface area contributed by atoms with Crippen LogP contribution in [0.1, 0.15) is 0 Å². The highest BCUT2D eigenvalue weighted by Gasteiger charge is 2.18. The Kier molecular flexibility index (Phi) is 6.13. The van der Waals surface area contributed by atoms with E-state index >= 15 is 0 Å². The Labute approximate surface area is 165 Å². The van der Waals surface area contributed by atoms with Crippen molar-refractivity contribution in [3.8, 4) is 0 Å². The third kappa shape index (κ3) is 5.02. The minimum absolute atomic E-state index is 0.0479. The second-order valence-electron chi connectivity index (χ2n) is 5.16. The molecular formula is C16H11Cl2N5O3S. The molecule has 0 spiro atoms. The summed E-state index contributed by atoms with van der Waals surface area (Å²) in [6.45, 7) is 14.2.